The number of methoxy groups -OCH3 is 2. The van der Waals surface area contributed by atoms with Gasteiger partial charge >= 0.3 is 6.09 Å². The summed E-state index contributed by atoms with van der Waals surface area (Å²) in [7, 11) is 6.73. The Morgan fingerprint density at radius 1 is 0.949 bits per heavy atom. The van der Waals surface area contributed by atoms with Crippen LogP contribution in [0.1, 0.15) is 35.4 Å². The van der Waals surface area contributed by atoms with Gasteiger partial charge < -0.3 is 24.3 Å². The van der Waals surface area contributed by atoms with Gasteiger partial charge in [0.25, 0.3) is 0 Å². The Balaban J connectivity index is 1.44. The molecule has 3 aromatic rings. The highest BCUT2D eigenvalue weighted by molar-refractivity contribution is 7.09. The smallest absolute Gasteiger partial charge is 0.434 e. The van der Waals surface area contributed by atoms with E-state index < -0.39 is 6.09 Å². The van der Waals surface area contributed by atoms with Crippen molar-refractivity contribution in [1.82, 2.24) is 10.4 Å². The van der Waals surface area contributed by atoms with Crippen molar-refractivity contribution >= 4 is 21.5 Å². The Morgan fingerprint density at radius 2 is 1.54 bits per heavy atom. The molecule has 1 unspecified atom stereocenters. The fourth-order valence-electron chi connectivity index (χ4n) is 4.70. The molecule has 0 fully saturated rings. The summed E-state index contributed by atoms with van der Waals surface area (Å²) in [6.45, 7) is 0.512. The van der Waals surface area contributed by atoms with Crippen LogP contribution in [0.15, 0.2) is 60.7 Å². The molecule has 9 nitrogen and oxygen atoms in total. The van der Waals surface area contributed by atoms with Crippen LogP contribution in [-0.2, 0) is 20.7 Å². The maximum absolute atomic E-state index is 13.1. The van der Waals surface area contributed by atoms with Gasteiger partial charge in [-0.2, -0.15) is 5.06 Å². The maximum atomic E-state index is 13.1. The van der Waals surface area contributed by atoms with Gasteiger partial charge in [-0.1, -0.05) is 48.5 Å². The highest BCUT2D eigenvalue weighted by atomic mass is 31.0. The normalized spacial score (nSPS) is 11.8. The van der Waals surface area contributed by atoms with Gasteiger partial charge in [0, 0.05) is 41.0 Å². The number of ether oxygens (including phenoxy) is 4. The van der Waals surface area contributed by atoms with Gasteiger partial charge in [-0.3, -0.25) is 9.42 Å². The summed E-state index contributed by atoms with van der Waals surface area (Å²) < 4.78 is 28.0. The maximum Gasteiger partial charge on any atom is 0.434 e. The molecule has 0 saturated carbocycles. The van der Waals surface area contributed by atoms with Crippen molar-refractivity contribution in [2.24, 2.45) is 0 Å². The van der Waals surface area contributed by atoms with Crippen LogP contribution in [0.4, 0.5) is 4.79 Å². The largest absolute Gasteiger partial charge is 0.496 e. The molecule has 0 heterocycles. The lowest BCUT2D eigenvalue weighted by Crippen LogP contribution is -2.30. The number of benzene rings is 3. The first kappa shape index (κ1) is 28.2. The van der Waals surface area contributed by atoms with E-state index in [-0.39, 0.29) is 25.0 Å². The standard InChI is InChI=1S/C29H33N2O7P/c1-30-28(32)13-8-14-36-19-15-26(34-2)24(27(16-19)35-3)17-31(38-39)29(33)37-18-25-22-11-6-4-9-20(22)21-10-5-7-12-23(21)25/h4-7,9-12,15-16,25H,8,13-14,17-18,39H2,1-3H3,(H,30,32). The molecule has 1 N–H and O–H groups in total. The Bertz CT molecular complexity index is 1250. The van der Waals surface area contributed by atoms with Gasteiger partial charge in [0.15, 0.2) is 0 Å². The second-order valence-electron chi connectivity index (χ2n) is 8.88. The molecule has 1 aliphatic rings. The second-order valence-corrected chi connectivity index (χ2v) is 9.09. The van der Waals surface area contributed by atoms with Crippen molar-refractivity contribution < 1.29 is 33.2 Å². The van der Waals surface area contributed by atoms with E-state index >= 15 is 0 Å². The van der Waals surface area contributed by atoms with Gasteiger partial charge in [-0.25, -0.2) is 4.79 Å². The van der Waals surface area contributed by atoms with E-state index in [4.69, 9.17) is 23.6 Å². The van der Waals surface area contributed by atoms with Crippen LogP contribution in [0.25, 0.3) is 11.1 Å². The van der Waals surface area contributed by atoms with Gasteiger partial charge in [-0.15, -0.1) is 0 Å². The number of carbonyl (C=O) groups is 2. The first-order valence-corrected chi connectivity index (χ1v) is 13.1. The summed E-state index contributed by atoms with van der Waals surface area (Å²) in [5.41, 5.74) is 5.13. The molecule has 1 aliphatic carbocycles. The quantitative estimate of drug-likeness (QED) is 0.190. The highest BCUT2D eigenvalue weighted by Crippen LogP contribution is 2.44. The van der Waals surface area contributed by atoms with E-state index in [2.05, 4.69) is 39.0 Å². The molecule has 0 spiro atoms. The van der Waals surface area contributed by atoms with Crippen LogP contribution in [0, 0.1) is 0 Å². The molecule has 2 amide bonds. The summed E-state index contributed by atoms with van der Waals surface area (Å²) in [6.07, 6.45) is 0.275. The molecule has 0 saturated heterocycles. The first-order chi connectivity index (χ1) is 19.0. The van der Waals surface area contributed by atoms with Crippen molar-refractivity contribution in [3.8, 4) is 28.4 Å². The molecular weight excluding hydrogens is 519 g/mol. The topological polar surface area (TPSA) is 95.6 Å². The Hall–Kier alpha value is -3.81. The third-order valence-electron chi connectivity index (χ3n) is 6.65. The van der Waals surface area contributed by atoms with Crippen molar-refractivity contribution in [3.05, 3.63) is 77.4 Å². The Kier molecular flexibility index (Phi) is 9.63. The van der Waals surface area contributed by atoms with E-state index in [9.17, 15) is 9.59 Å². The lowest BCUT2D eigenvalue weighted by Gasteiger charge is -2.23. The predicted octanol–water partition coefficient (Wildman–Crippen LogP) is 5.08. The lowest BCUT2D eigenvalue weighted by molar-refractivity contribution is -0.120. The fraction of sp³-hybridized carbons (Fsp3) is 0.310. The number of nitrogens with one attached hydrogen (secondary N) is 1. The molecule has 3 aromatic carbocycles. The number of nitrogens with zero attached hydrogens (tertiary/aromatic N) is 1. The summed E-state index contributed by atoms with van der Waals surface area (Å²) in [5, 5.41) is 3.67. The molecule has 39 heavy (non-hydrogen) atoms. The van der Waals surface area contributed by atoms with Crippen molar-refractivity contribution in [2.75, 3.05) is 34.5 Å². The minimum Gasteiger partial charge on any atom is -0.496 e. The van der Waals surface area contributed by atoms with E-state index in [1.54, 1.807) is 19.2 Å². The molecule has 1 atom stereocenters. The fourth-order valence-corrected chi connectivity index (χ4v) is 4.86. The summed E-state index contributed by atoms with van der Waals surface area (Å²) >= 11 is 0. The highest BCUT2D eigenvalue weighted by Gasteiger charge is 2.30. The number of carbonyl (C=O) groups excluding carboxylic acids is 2. The van der Waals surface area contributed by atoms with Gasteiger partial charge in [-0.05, 0) is 28.7 Å². The van der Waals surface area contributed by atoms with Crippen LogP contribution in [0.3, 0.4) is 0 Å². The Labute approximate surface area is 230 Å². The second kappa shape index (κ2) is 13.3. The van der Waals surface area contributed by atoms with Gasteiger partial charge in [0.05, 0.1) is 32.9 Å². The molecule has 0 bridgehead atoms. The summed E-state index contributed by atoms with van der Waals surface area (Å²) in [4.78, 5) is 24.5. The number of hydrogen-bond donors (Lipinski definition) is 1. The van der Waals surface area contributed by atoms with E-state index in [0.717, 1.165) is 27.3 Å². The van der Waals surface area contributed by atoms with Gasteiger partial charge in [0.1, 0.15) is 23.9 Å². The van der Waals surface area contributed by atoms with E-state index in [1.165, 1.54) is 14.2 Å². The summed E-state index contributed by atoms with van der Waals surface area (Å²) in [6, 6.07) is 19.7. The zero-order valence-electron chi connectivity index (χ0n) is 22.3. The van der Waals surface area contributed by atoms with Gasteiger partial charge in [0.2, 0.25) is 5.91 Å². The molecule has 0 radical (unpaired) electrons. The number of hydroxylamine groups is 2. The average Bonchev–Trinajstić information content (AvgIpc) is 3.30. The number of hydrogen-bond acceptors (Lipinski definition) is 7. The third kappa shape index (κ3) is 6.44. The van der Waals surface area contributed by atoms with Crippen molar-refractivity contribution in [1.29, 1.82) is 0 Å². The zero-order chi connectivity index (χ0) is 27.8. The number of amides is 2. The van der Waals surface area contributed by atoms with Crippen molar-refractivity contribution in [2.45, 2.75) is 25.3 Å². The van der Waals surface area contributed by atoms with Crippen LogP contribution < -0.4 is 19.5 Å². The molecule has 206 valence electrons. The SMILES string of the molecule is CNC(=O)CCCOc1cc(OC)c(CN(OP)C(=O)OCC2c3ccccc3-c3ccccc32)c(OC)c1. The number of fused-ring (bicyclic) bond motifs is 3. The Morgan fingerprint density at radius 3 is 2.08 bits per heavy atom. The molecule has 0 aromatic heterocycles. The molecule has 0 aliphatic heterocycles. The summed E-state index contributed by atoms with van der Waals surface area (Å²) in [5.74, 6) is 1.30. The van der Waals surface area contributed by atoms with Crippen LogP contribution in [-0.4, -0.2) is 51.5 Å². The van der Waals surface area contributed by atoms with Crippen LogP contribution in [0.2, 0.25) is 0 Å². The van der Waals surface area contributed by atoms with Crippen LogP contribution in [0.5, 0.6) is 17.2 Å². The molecular formula is C29H33N2O7P. The minimum atomic E-state index is -0.648. The van der Waals surface area contributed by atoms with E-state index in [0.29, 0.717) is 42.3 Å². The molecule has 4 rings (SSSR count). The van der Waals surface area contributed by atoms with Crippen LogP contribution >= 0.6 is 9.47 Å². The zero-order valence-corrected chi connectivity index (χ0v) is 23.4. The lowest BCUT2D eigenvalue weighted by atomic mass is 9.98. The molecule has 10 heteroatoms. The minimum absolute atomic E-state index is 0.00344. The first-order valence-electron chi connectivity index (χ1n) is 12.6. The number of rotatable bonds is 12. The average molecular weight is 553 g/mol. The predicted molar refractivity (Wildman–Crippen MR) is 150 cm³/mol. The van der Waals surface area contributed by atoms with Crippen molar-refractivity contribution in [3.63, 3.8) is 0 Å². The monoisotopic (exact) mass is 552 g/mol. The van der Waals surface area contributed by atoms with E-state index in [1.807, 2.05) is 24.3 Å². The third-order valence-corrected chi connectivity index (χ3v) is 6.90.